The van der Waals surface area contributed by atoms with E-state index in [1.54, 1.807) is 18.3 Å². The van der Waals surface area contributed by atoms with E-state index in [1.165, 1.54) is 0 Å². The zero-order valence-corrected chi connectivity index (χ0v) is 9.67. The van der Waals surface area contributed by atoms with Crippen molar-refractivity contribution < 1.29 is 5.11 Å². The van der Waals surface area contributed by atoms with Gasteiger partial charge >= 0.3 is 0 Å². The molecule has 3 nitrogen and oxygen atoms in total. The summed E-state index contributed by atoms with van der Waals surface area (Å²) in [4.78, 5) is 4.35. The van der Waals surface area contributed by atoms with Gasteiger partial charge in [0.2, 0.25) is 0 Å². The summed E-state index contributed by atoms with van der Waals surface area (Å²) in [5, 5.41) is 13.2. The molecule has 1 aliphatic rings. The summed E-state index contributed by atoms with van der Waals surface area (Å²) in [6, 6.07) is 15.1. The molecule has 2 aromatic rings. The zero-order valence-electron chi connectivity index (χ0n) is 9.67. The minimum absolute atomic E-state index is 0.254. The van der Waals surface area contributed by atoms with E-state index in [-0.39, 0.29) is 5.75 Å². The van der Waals surface area contributed by atoms with E-state index in [2.05, 4.69) is 10.3 Å². The van der Waals surface area contributed by atoms with E-state index >= 15 is 0 Å². The van der Waals surface area contributed by atoms with Gasteiger partial charge in [0.25, 0.3) is 0 Å². The van der Waals surface area contributed by atoms with Crippen LogP contribution in [0.4, 0.5) is 11.4 Å². The Kier molecular flexibility index (Phi) is 2.57. The Balaban J connectivity index is 2.05. The lowest BCUT2D eigenvalue weighted by atomic mass is 10.1. The maximum Gasteiger partial charge on any atom is 0.124 e. The molecule has 0 saturated carbocycles. The number of hydrogen-bond donors (Lipinski definition) is 2. The van der Waals surface area contributed by atoms with E-state index in [0.717, 1.165) is 22.6 Å². The minimum Gasteiger partial charge on any atom is -0.507 e. The molecule has 18 heavy (non-hydrogen) atoms. The lowest BCUT2D eigenvalue weighted by molar-refractivity contribution is 0.473. The Morgan fingerprint density at radius 3 is 2.61 bits per heavy atom. The molecule has 0 aliphatic carbocycles. The van der Waals surface area contributed by atoms with Gasteiger partial charge in [-0.2, -0.15) is 0 Å². The highest BCUT2D eigenvalue weighted by Crippen LogP contribution is 2.32. The standard InChI is InChI=1S/C15H12N2O/c18-15-8-4-1-5-11(15)12-9-10-16-13-6-2-3-7-14(13)17-12/h1-10,17-18H. The number of phenols is 1. The third kappa shape index (κ3) is 1.86. The Morgan fingerprint density at radius 2 is 1.72 bits per heavy atom. The third-order valence-corrected chi connectivity index (χ3v) is 2.82. The van der Waals surface area contributed by atoms with Gasteiger partial charge in [0, 0.05) is 11.8 Å². The largest absolute Gasteiger partial charge is 0.507 e. The fourth-order valence-electron chi connectivity index (χ4n) is 1.93. The Morgan fingerprint density at radius 1 is 0.944 bits per heavy atom. The lowest BCUT2D eigenvalue weighted by Gasteiger charge is -2.12. The van der Waals surface area contributed by atoms with E-state index in [9.17, 15) is 5.11 Å². The number of phenolic OH excluding ortho intramolecular Hbond substituents is 1. The second kappa shape index (κ2) is 4.37. The highest BCUT2D eigenvalue weighted by molar-refractivity contribution is 5.96. The van der Waals surface area contributed by atoms with E-state index < -0.39 is 0 Å². The van der Waals surface area contributed by atoms with Crippen molar-refractivity contribution in [2.45, 2.75) is 0 Å². The van der Waals surface area contributed by atoms with Gasteiger partial charge in [-0.15, -0.1) is 0 Å². The van der Waals surface area contributed by atoms with Crippen LogP contribution in [0.2, 0.25) is 0 Å². The first kappa shape index (κ1) is 10.6. The number of anilines is 1. The summed E-state index contributed by atoms with van der Waals surface area (Å²) in [7, 11) is 0. The van der Waals surface area contributed by atoms with Gasteiger partial charge in [0.05, 0.1) is 17.1 Å². The first-order valence-corrected chi connectivity index (χ1v) is 5.73. The number of para-hydroxylation sites is 3. The van der Waals surface area contributed by atoms with Crippen LogP contribution in [-0.4, -0.2) is 11.3 Å². The average molecular weight is 236 g/mol. The van der Waals surface area contributed by atoms with Crippen molar-refractivity contribution in [1.29, 1.82) is 0 Å². The van der Waals surface area contributed by atoms with Crippen molar-refractivity contribution in [3.63, 3.8) is 0 Å². The fourth-order valence-corrected chi connectivity index (χ4v) is 1.93. The monoisotopic (exact) mass is 236 g/mol. The number of nitrogens with one attached hydrogen (secondary N) is 1. The minimum atomic E-state index is 0.254. The second-order valence-corrected chi connectivity index (χ2v) is 4.02. The topological polar surface area (TPSA) is 44.6 Å². The van der Waals surface area contributed by atoms with Crippen LogP contribution in [0.25, 0.3) is 5.70 Å². The van der Waals surface area contributed by atoms with E-state index in [1.807, 2.05) is 42.5 Å². The third-order valence-electron chi connectivity index (χ3n) is 2.82. The summed E-state index contributed by atoms with van der Waals surface area (Å²) in [5.74, 6) is 0.254. The Bertz CT molecular complexity index is 644. The summed E-state index contributed by atoms with van der Waals surface area (Å²) >= 11 is 0. The van der Waals surface area contributed by atoms with Gasteiger partial charge in [0.1, 0.15) is 5.75 Å². The summed E-state index contributed by atoms with van der Waals surface area (Å²) in [6.07, 6.45) is 3.59. The number of allylic oxidation sites excluding steroid dienone is 1. The average Bonchev–Trinajstić information content (AvgIpc) is 2.61. The number of nitrogens with zero attached hydrogens (tertiary/aromatic N) is 1. The lowest BCUT2D eigenvalue weighted by Crippen LogP contribution is -1.98. The Labute approximate surface area is 105 Å². The number of aromatic hydroxyl groups is 1. The molecule has 2 N–H and O–H groups in total. The van der Waals surface area contributed by atoms with Crippen molar-refractivity contribution >= 4 is 23.3 Å². The summed E-state index contributed by atoms with van der Waals surface area (Å²) in [5.41, 5.74) is 3.42. The van der Waals surface area contributed by atoms with Crippen LogP contribution in [0.15, 0.2) is 59.6 Å². The van der Waals surface area contributed by atoms with Crippen molar-refractivity contribution in [3.05, 3.63) is 60.2 Å². The quantitative estimate of drug-likeness (QED) is 0.795. The Hall–Kier alpha value is -2.55. The van der Waals surface area contributed by atoms with Crippen LogP contribution < -0.4 is 5.32 Å². The molecular formula is C15H12N2O. The van der Waals surface area contributed by atoms with E-state index in [4.69, 9.17) is 0 Å². The van der Waals surface area contributed by atoms with Crippen molar-refractivity contribution in [2.75, 3.05) is 5.32 Å². The first-order chi connectivity index (χ1) is 8.84. The smallest absolute Gasteiger partial charge is 0.124 e. The molecule has 0 spiro atoms. The maximum absolute atomic E-state index is 9.88. The van der Waals surface area contributed by atoms with Crippen molar-refractivity contribution in [1.82, 2.24) is 0 Å². The molecule has 0 fully saturated rings. The number of aliphatic imine (C=N–C) groups is 1. The van der Waals surface area contributed by atoms with Crippen LogP contribution in [0.3, 0.4) is 0 Å². The van der Waals surface area contributed by atoms with Gasteiger partial charge in [-0.3, -0.25) is 4.99 Å². The van der Waals surface area contributed by atoms with Gasteiger partial charge in [-0.1, -0.05) is 24.3 Å². The maximum atomic E-state index is 9.88. The van der Waals surface area contributed by atoms with Gasteiger partial charge in [0.15, 0.2) is 0 Å². The molecule has 3 heteroatoms. The molecule has 3 rings (SSSR count). The summed E-state index contributed by atoms with van der Waals surface area (Å²) in [6.45, 7) is 0. The number of benzene rings is 2. The van der Waals surface area contributed by atoms with Crippen LogP contribution in [0, 0.1) is 0 Å². The van der Waals surface area contributed by atoms with Gasteiger partial charge < -0.3 is 10.4 Å². The fraction of sp³-hybridized carbons (Fsp3) is 0. The molecule has 0 amide bonds. The predicted octanol–water partition coefficient (Wildman–Crippen LogP) is 3.56. The highest BCUT2D eigenvalue weighted by atomic mass is 16.3. The molecule has 0 aromatic heterocycles. The molecule has 1 aliphatic heterocycles. The molecule has 88 valence electrons. The van der Waals surface area contributed by atoms with Gasteiger partial charge in [-0.25, -0.2) is 0 Å². The molecular weight excluding hydrogens is 224 g/mol. The molecule has 2 aromatic carbocycles. The molecule has 0 bridgehead atoms. The number of hydrogen-bond acceptors (Lipinski definition) is 3. The zero-order chi connectivity index (χ0) is 12.4. The number of fused-ring (bicyclic) bond motifs is 1. The van der Waals surface area contributed by atoms with Crippen LogP contribution >= 0.6 is 0 Å². The first-order valence-electron chi connectivity index (χ1n) is 5.73. The SMILES string of the molecule is Oc1ccccc1C1=CC=Nc2ccccc2N1. The van der Waals surface area contributed by atoms with Crippen molar-refractivity contribution in [3.8, 4) is 5.75 Å². The molecule has 0 saturated heterocycles. The molecule has 0 unspecified atom stereocenters. The van der Waals surface area contributed by atoms with Gasteiger partial charge in [-0.05, 0) is 30.3 Å². The van der Waals surface area contributed by atoms with Crippen LogP contribution in [0.5, 0.6) is 5.75 Å². The summed E-state index contributed by atoms with van der Waals surface area (Å²) < 4.78 is 0. The molecule has 0 radical (unpaired) electrons. The predicted molar refractivity (Wildman–Crippen MR) is 74.3 cm³/mol. The normalized spacial score (nSPS) is 13.2. The van der Waals surface area contributed by atoms with Crippen LogP contribution in [-0.2, 0) is 0 Å². The highest BCUT2D eigenvalue weighted by Gasteiger charge is 2.10. The second-order valence-electron chi connectivity index (χ2n) is 4.02. The van der Waals surface area contributed by atoms with Crippen molar-refractivity contribution in [2.24, 2.45) is 4.99 Å². The number of rotatable bonds is 1. The van der Waals surface area contributed by atoms with E-state index in [0.29, 0.717) is 0 Å². The van der Waals surface area contributed by atoms with Crippen LogP contribution in [0.1, 0.15) is 5.56 Å². The molecule has 0 atom stereocenters. The molecule has 1 heterocycles.